The number of carboxylic acid groups (broad SMARTS) is 1. The molecule has 0 spiro atoms. The van der Waals surface area contributed by atoms with Crippen molar-refractivity contribution in [3.63, 3.8) is 0 Å². The van der Waals surface area contributed by atoms with Gasteiger partial charge in [0, 0.05) is 47.5 Å². The average Bonchev–Trinajstić information content (AvgIpc) is 2.86. The molecule has 0 saturated carbocycles. The molecule has 2 unspecified atom stereocenters. The van der Waals surface area contributed by atoms with E-state index in [1.165, 1.54) is 5.56 Å². The van der Waals surface area contributed by atoms with E-state index in [1.807, 2.05) is 65.6 Å². The second-order valence-corrected chi connectivity index (χ2v) is 10.1. The highest BCUT2D eigenvalue weighted by atomic mass is 35.5. The number of nitrogens with zero attached hydrogens (tertiary/aromatic N) is 2. The molecule has 6 heteroatoms. The van der Waals surface area contributed by atoms with Crippen LogP contribution in [0.2, 0.25) is 5.02 Å². The summed E-state index contributed by atoms with van der Waals surface area (Å²) >= 11 is 6.10. The Morgan fingerprint density at radius 2 is 1.75 bits per heavy atom. The molecular weight excluding hydrogens is 472 g/mol. The molecule has 1 amide bonds. The van der Waals surface area contributed by atoms with Crippen molar-refractivity contribution in [2.24, 2.45) is 10.9 Å². The molecule has 2 aromatic rings. The number of amides is 1. The van der Waals surface area contributed by atoms with Crippen molar-refractivity contribution in [1.82, 2.24) is 4.90 Å². The minimum atomic E-state index is -0.775. The highest BCUT2D eigenvalue weighted by Gasteiger charge is 2.34. The van der Waals surface area contributed by atoms with Crippen molar-refractivity contribution in [3.05, 3.63) is 106 Å². The molecule has 0 radical (unpaired) electrons. The number of dihydropyridines is 1. The zero-order valence-corrected chi connectivity index (χ0v) is 20.8. The SMILES string of the molecule is O=C(O)CCCCC1=CC2C=C(C(=O)N3CC(c4ccccc4)C3)C=CC2N=C1c1ccc(Cl)cc1. The van der Waals surface area contributed by atoms with Crippen molar-refractivity contribution >= 4 is 29.2 Å². The van der Waals surface area contributed by atoms with Crippen LogP contribution in [0.3, 0.4) is 0 Å². The molecule has 1 aliphatic carbocycles. The Labute approximate surface area is 216 Å². The Morgan fingerprint density at radius 1 is 1.00 bits per heavy atom. The molecule has 2 atom stereocenters. The van der Waals surface area contributed by atoms with Gasteiger partial charge in [-0.3, -0.25) is 14.6 Å². The number of likely N-dealkylation sites (tertiary alicyclic amines) is 1. The van der Waals surface area contributed by atoms with Gasteiger partial charge in [0.25, 0.3) is 5.91 Å². The van der Waals surface area contributed by atoms with Crippen LogP contribution in [0.1, 0.15) is 42.7 Å². The molecule has 184 valence electrons. The van der Waals surface area contributed by atoms with E-state index in [1.54, 1.807) is 0 Å². The van der Waals surface area contributed by atoms with Gasteiger partial charge in [-0.1, -0.05) is 78.4 Å². The van der Waals surface area contributed by atoms with Gasteiger partial charge in [0.2, 0.25) is 0 Å². The number of fused-ring (bicyclic) bond motifs is 1. The van der Waals surface area contributed by atoms with Gasteiger partial charge in [0.15, 0.2) is 0 Å². The number of carbonyl (C=O) groups excluding carboxylic acids is 1. The number of aliphatic carboxylic acids is 1. The number of rotatable bonds is 8. The minimum absolute atomic E-state index is 0.00525. The maximum atomic E-state index is 13.2. The minimum Gasteiger partial charge on any atom is -0.481 e. The first-order valence-electron chi connectivity index (χ1n) is 12.5. The monoisotopic (exact) mass is 500 g/mol. The van der Waals surface area contributed by atoms with E-state index in [4.69, 9.17) is 21.7 Å². The Hall–Kier alpha value is -3.44. The maximum Gasteiger partial charge on any atom is 0.303 e. The van der Waals surface area contributed by atoms with E-state index in [9.17, 15) is 9.59 Å². The van der Waals surface area contributed by atoms with Crippen molar-refractivity contribution in [2.75, 3.05) is 13.1 Å². The molecule has 2 aliphatic heterocycles. The molecule has 0 aromatic heterocycles. The van der Waals surface area contributed by atoms with E-state index < -0.39 is 5.97 Å². The third-order valence-corrected chi connectivity index (χ3v) is 7.36. The number of hydrogen-bond acceptors (Lipinski definition) is 3. The van der Waals surface area contributed by atoms with Crippen LogP contribution in [0.5, 0.6) is 0 Å². The van der Waals surface area contributed by atoms with Gasteiger partial charge in [-0.25, -0.2) is 0 Å². The third kappa shape index (κ3) is 5.36. The topological polar surface area (TPSA) is 70.0 Å². The summed E-state index contributed by atoms with van der Waals surface area (Å²) in [6, 6.07) is 17.9. The lowest BCUT2D eigenvalue weighted by atomic mass is 9.83. The van der Waals surface area contributed by atoms with Crippen molar-refractivity contribution < 1.29 is 14.7 Å². The van der Waals surface area contributed by atoms with Gasteiger partial charge in [-0.05, 0) is 42.5 Å². The van der Waals surface area contributed by atoms with Gasteiger partial charge in [0.05, 0.1) is 11.8 Å². The number of carboxylic acids is 1. The van der Waals surface area contributed by atoms with Crippen LogP contribution in [0, 0.1) is 5.92 Å². The molecule has 5 nitrogen and oxygen atoms in total. The average molecular weight is 501 g/mol. The fourth-order valence-corrected chi connectivity index (χ4v) is 5.20. The Balaban J connectivity index is 1.31. The summed E-state index contributed by atoms with van der Waals surface area (Å²) in [6.07, 6.45) is 10.5. The van der Waals surface area contributed by atoms with Gasteiger partial charge < -0.3 is 10.0 Å². The predicted octanol–water partition coefficient (Wildman–Crippen LogP) is 5.82. The quantitative estimate of drug-likeness (QED) is 0.464. The lowest BCUT2D eigenvalue weighted by Gasteiger charge is -2.40. The summed E-state index contributed by atoms with van der Waals surface area (Å²) in [5, 5.41) is 9.66. The van der Waals surface area contributed by atoms with E-state index in [-0.39, 0.29) is 24.3 Å². The lowest BCUT2D eigenvalue weighted by Crippen LogP contribution is -2.49. The summed E-state index contributed by atoms with van der Waals surface area (Å²) in [7, 11) is 0. The number of hydrogen-bond donors (Lipinski definition) is 1. The number of halogens is 1. The molecule has 1 saturated heterocycles. The normalized spacial score (nSPS) is 21.1. The summed E-state index contributed by atoms with van der Waals surface area (Å²) in [5.41, 5.74) is 5.00. The number of allylic oxidation sites excluding steroid dienone is 1. The van der Waals surface area contributed by atoms with E-state index in [0.717, 1.165) is 48.4 Å². The van der Waals surface area contributed by atoms with Crippen molar-refractivity contribution in [1.29, 1.82) is 0 Å². The van der Waals surface area contributed by atoms with Gasteiger partial charge in [-0.2, -0.15) is 0 Å². The predicted molar refractivity (Wildman–Crippen MR) is 142 cm³/mol. The maximum absolute atomic E-state index is 13.2. The fraction of sp³-hybridized carbons (Fsp3) is 0.300. The molecule has 36 heavy (non-hydrogen) atoms. The first kappa shape index (κ1) is 24.3. The third-order valence-electron chi connectivity index (χ3n) is 7.11. The van der Waals surface area contributed by atoms with E-state index in [0.29, 0.717) is 17.4 Å². The standard InChI is InChI=1S/C30H29ClN2O3/c31-26-13-10-21(11-14-26)29-22(8-4-5-9-28(34)35)16-24-17-23(12-15-27(24)32-29)30(36)33-18-25(19-33)20-6-2-1-3-7-20/h1-3,6-7,10-17,24-25,27H,4-5,8-9,18-19H2,(H,34,35). The zero-order valence-electron chi connectivity index (χ0n) is 20.0. The van der Waals surface area contributed by atoms with Crippen LogP contribution in [0.15, 0.2) is 95.0 Å². The lowest BCUT2D eigenvalue weighted by molar-refractivity contribution is -0.137. The molecular formula is C30H29ClN2O3. The van der Waals surface area contributed by atoms with Crippen LogP contribution in [-0.2, 0) is 9.59 Å². The molecule has 3 aliphatic rings. The molecule has 2 heterocycles. The Bertz CT molecular complexity index is 1250. The molecule has 1 N–H and O–H groups in total. The van der Waals surface area contributed by atoms with E-state index in [2.05, 4.69) is 18.2 Å². The smallest absolute Gasteiger partial charge is 0.303 e. The fourth-order valence-electron chi connectivity index (χ4n) is 5.08. The molecule has 1 fully saturated rings. The van der Waals surface area contributed by atoms with Crippen LogP contribution >= 0.6 is 11.6 Å². The molecule has 0 bridgehead atoms. The second kappa shape index (κ2) is 10.7. The largest absolute Gasteiger partial charge is 0.481 e. The number of benzene rings is 2. The first-order valence-corrected chi connectivity index (χ1v) is 12.9. The highest BCUT2D eigenvalue weighted by Crippen LogP contribution is 2.34. The van der Waals surface area contributed by atoms with Gasteiger partial charge in [0.1, 0.15) is 0 Å². The van der Waals surface area contributed by atoms with E-state index >= 15 is 0 Å². The summed E-state index contributed by atoms with van der Waals surface area (Å²) in [5.74, 6) is -0.302. The second-order valence-electron chi connectivity index (χ2n) is 9.64. The summed E-state index contributed by atoms with van der Waals surface area (Å²) < 4.78 is 0. The summed E-state index contributed by atoms with van der Waals surface area (Å²) in [6.45, 7) is 1.48. The highest BCUT2D eigenvalue weighted by molar-refractivity contribution is 6.30. The van der Waals surface area contributed by atoms with Gasteiger partial charge in [-0.15, -0.1) is 0 Å². The number of aliphatic imine (C=N–C) groups is 1. The molecule has 5 rings (SSSR count). The van der Waals surface area contributed by atoms with Crippen LogP contribution < -0.4 is 0 Å². The van der Waals surface area contributed by atoms with Crippen LogP contribution in [-0.4, -0.2) is 46.7 Å². The Morgan fingerprint density at radius 3 is 2.47 bits per heavy atom. The zero-order chi connectivity index (χ0) is 25.1. The first-order chi connectivity index (χ1) is 17.5. The van der Waals surface area contributed by atoms with Crippen LogP contribution in [0.4, 0.5) is 0 Å². The molecule has 2 aromatic carbocycles. The number of unbranched alkanes of at least 4 members (excludes halogenated alkanes) is 1. The van der Waals surface area contributed by atoms with Crippen LogP contribution in [0.25, 0.3) is 0 Å². The van der Waals surface area contributed by atoms with Crippen molar-refractivity contribution in [2.45, 2.75) is 37.6 Å². The Kier molecular flexibility index (Phi) is 7.19. The van der Waals surface area contributed by atoms with Gasteiger partial charge >= 0.3 is 5.97 Å². The summed E-state index contributed by atoms with van der Waals surface area (Å²) in [4.78, 5) is 31.1. The van der Waals surface area contributed by atoms with Crippen molar-refractivity contribution in [3.8, 4) is 0 Å². The number of carbonyl (C=O) groups is 2.